The molecule has 1 aliphatic carbocycles. The van der Waals surface area contributed by atoms with E-state index in [0.29, 0.717) is 6.04 Å². The lowest BCUT2D eigenvalue weighted by molar-refractivity contribution is 0.442. The Balaban J connectivity index is 1.94. The summed E-state index contributed by atoms with van der Waals surface area (Å²) < 4.78 is 0. The van der Waals surface area contributed by atoms with Crippen LogP contribution in [0.1, 0.15) is 31.4 Å². The average molecular weight is 284 g/mol. The molecule has 2 rings (SSSR count). The minimum atomic E-state index is 0.520. The van der Waals surface area contributed by atoms with E-state index in [4.69, 9.17) is 11.6 Å². The summed E-state index contributed by atoms with van der Waals surface area (Å²) in [6, 6.07) is 8.85. The van der Waals surface area contributed by atoms with Crippen LogP contribution in [-0.4, -0.2) is 18.6 Å². The summed E-state index contributed by atoms with van der Waals surface area (Å²) in [6.45, 7) is 3.42. The number of hydrogen-bond donors (Lipinski definition) is 1. The van der Waals surface area contributed by atoms with E-state index in [0.717, 1.165) is 23.4 Å². The average Bonchev–Trinajstić information content (AvgIpc) is 3.16. The Morgan fingerprint density at radius 2 is 2.00 bits per heavy atom. The third-order valence-electron chi connectivity index (χ3n) is 3.46. The smallest absolute Gasteiger partial charge is 0.0406 e. The molecule has 0 saturated heterocycles. The van der Waals surface area contributed by atoms with Crippen LogP contribution in [0.2, 0.25) is 5.02 Å². The molecule has 1 saturated carbocycles. The Labute approximate surface area is 120 Å². The Morgan fingerprint density at radius 3 is 2.56 bits per heavy atom. The van der Waals surface area contributed by atoms with E-state index in [9.17, 15) is 0 Å². The van der Waals surface area contributed by atoms with Gasteiger partial charge in [0.1, 0.15) is 0 Å². The number of hydrogen-bond acceptors (Lipinski definition) is 2. The van der Waals surface area contributed by atoms with Gasteiger partial charge in [-0.15, -0.1) is 0 Å². The molecule has 0 aliphatic heterocycles. The van der Waals surface area contributed by atoms with E-state index in [1.165, 1.54) is 24.2 Å². The molecule has 1 aromatic rings. The van der Waals surface area contributed by atoms with Crippen LogP contribution in [0.4, 0.5) is 0 Å². The van der Waals surface area contributed by atoms with Gasteiger partial charge in [-0.3, -0.25) is 0 Å². The van der Waals surface area contributed by atoms with Crippen molar-refractivity contribution >= 4 is 23.4 Å². The van der Waals surface area contributed by atoms with Crippen LogP contribution in [0, 0.1) is 11.8 Å². The van der Waals surface area contributed by atoms with Gasteiger partial charge in [-0.2, -0.15) is 11.8 Å². The maximum Gasteiger partial charge on any atom is 0.0406 e. The molecular formula is C15H22ClNS. The quantitative estimate of drug-likeness (QED) is 0.797. The Bertz CT molecular complexity index is 361. The lowest BCUT2D eigenvalue weighted by Crippen LogP contribution is -2.28. The number of nitrogens with one attached hydrogen (secondary N) is 1. The Kier molecular flexibility index (Phi) is 5.40. The van der Waals surface area contributed by atoms with E-state index in [1.54, 1.807) is 0 Å². The Morgan fingerprint density at radius 1 is 1.33 bits per heavy atom. The van der Waals surface area contributed by atoms with Gasteiger partial charge >= 0.3 is 0 Å². The molecule has 100 valence electrons. The highest BCUT2D eigenvalue weighted by molar-refractivity contribution is 7.98. The van der Waals surface area contributed by atoms with Crippen LogP contribution in [0.5, 0.6) is 0 Å². The van der Waals surface area contributed by atoms with Gasteiger partial charge < -0.3 is 5.32 Å². The van der Waals surface area contributed by atoms with Gasteiger partial charge in [0.05, 0.1) is 0 Å². The van der Waals surface area contributed by atoms with Crippen LogP contribution in [0.3, 0.4) is 0 Å². The second-order valence-corrected chi connectivity index (χ2v) is 6.68. The van der Waals surface area contributed by atoms with Crippen molar-refractivity contribution in [3.8, 4) is 0 Å². The Hall–Kier alpha value is -0.180. The first kappa shape index (κ1) is 14.2. The lowest BCUT2D eigenvalue weighted by atomic mass is 10.0. The molecule has 0 spiro atoms. The van der Waals surface area contributed by atoms with Crippen molar-refractivity contribution in [3.63, 3.8) is 0 Å². The van der Waals surface area contributed by atoms with Gasteiger partial charge in [-0.25, -0.2) is 0 Å². The zero-order valence-corrected chi connectivity index (χ0v) is 12.7. The zero-order chi connectivity index (χ0) is 13.0. The van der Waals surface area contributed by atoms with Crippen molar-refractivity contribution in [3.05, 3.63) is 34.9 Å². The van der Waals surface area contributed by atoms with Gasteiger partial charge in [0.2, 0.25) is 0 Å². The molecular weight excluding hydrogens is 262 g/mol. The van der Waals surface area contributed by atoms with Crippen molar-refractivity contribution in [1.29, 1.82) is 0 Å². The van der Waals surface area contributed by atoms with Gasteiger partial charge in [0, 0.05) is 11.1 Å². The third-order valence-corrected chi connectivity index (χ3v) is 4.61. The molecule has 2 unspecified atom stereocenters. The molecule has 0 bridgehead atoms. The topological polar surface area (TPSA) is 12.0 Å². The van der Waals surface area contributed by atoms with Crippen LogP contribution in [0.15, 0.2) is 24.3 Å². The largest absolute Gasteiger partial charge is 0.309 e. The second kappa shape index (κ2) is 6.83. The van der Waals surface area contributed by atoms with Gasteiger partial charge in [0.15, 0.2) is 0 Å². The molecule has 0 amide bonds. The highest BCUT2D eigenvalue weighted by Crippen LogP contribution is 2.41. The molecule has 18 heavy (non-hydrogen) atoms. The van der Waals surface area contributed by atoms with E-state index < -0.39 is 0 Å². The highest BCUT2D eigenvalue weighted by Gasteiger charge is 2.32. The summed E-state index contributed by atoms with van der Waals surface area (Å²) in [5.41, 5.74) is 1.39. The molecule has 1 N–H and O–H groups in total. The molecule has 1 aromatic carbocycles. The van der Waals surface area contributed by atoms with Gasteiger partial charge in [-0.1, -0.05) is 30.7 Å². The summed E-state index contributed by atoms with van der Waals surface area (Å²) in [5.74, 6) is 2.78. The fourth-order valence-corrected chi connectivity index (χ4v) is 3.14. The first-order valence-electron chi connectivity index (χ1n) is 6.68. The number of rotatable bonds is 7. The van der Waals surface area contributed by atoms with E-state index >= 15 is 0 Å². The fraction of sp³-hybridized carbons (Fsp3) is 0.600. The highest BCUT2D eigenvalue weighted by atomic mass is 35.5. The van der Waals surface area contributed by atoms with Gasteiger partial charge in [-0.05, 0) is 60.9 Å². The van der Waals surface area contributed by atoms with Crippen molar-refractivity contribution in [1.82, 2.24) is 5.32 Å². The van der Waals surface area contributed by atoms with Gasteiger partial charge in [0.25, 0.3) is 0 Å². The first-order chi connectivity index (χ1) is 8.70. The fourth-order valence-electron chi connectivity index (χ4n) is 2.33. The number of halogens is 1. The van der Waals surface area contributed by atoms with Crippen molar-refractivity contribution < 1.29 is 0 Å². The zero-order valence-electron chi connectivity index (χ0n) is 11.2. The predicted molar refractivity (Wildman–Crippen MR) is 82.5 cm³/mol. The summed E-state index contributed by atoms with van der Waals surface area (Å²) >= 11 is 7.88. The maximum atomic E-state index is 5.96. The minimum absolute atomic E-state index is 0.520. The third kappa shape index (κ3) is 4.18. The molecule has 1 fully saturated rings. The molecule has 1 aliphatic rings. The lowest BCUT2D eigenvalue weighted by Gasteiger charge is -2.21. The molecule has 1 nitrogen and oxygen atoms in total. The number of thioether (sulfide) groups is 1. The standard InChI is InChI=1S/C15H22ClNS/c1-11(10-18-2)9-17-15(12-3-4-12)13-5-7-14(16)8-6-13/h5-8,11-12,15,17H,3-4,9-10H2,1-2H3. The van der Waals surface area contributed by atoms with Crippen LogP contribution in [0.25, 0.3) is 0 Å². The van der Waals surface area contributed by atoms with Crippen molar-refractivity contribution in [2.24, 2.45) is 11.8 Å². The maximum absolute atomic E-state index is 5.96. The van der Waals surface area contributed by atoms with E-state index in [2.05, 4.69) is 30.6 Å². The summed E-state index contributed by atoms with van der Waals surface area (Å²) in [4.78, 5) is 0. The van der Waals surface area contributed by atoms with E-state index in [1.807, 2.05) is 23.9 Å². The SMILES string of the molecule is CSCC(C)CNC(c1ccc(Cl)cc1)C1CC1. The van der Waals surface area contributed by atoms with Crippen molar-refractivity contribution in [2.75, 3.05) is 18.6 Å². The van der Waals surface area contributed by atoms with Crippen LogP contribution >= 0.6 is 23.4 Å². The number of benzene rings is 1. The van der Waals surface area contributed by atoms with Crippen molar-refractivity contribution in [2.45, 2.75) is 25.8 Å². The summed E-state index contributed by atoms with van der Waals surface area (Å²) in [5, 5.41) is 4.57. The first-order valence-corrected chi connectivity index (χ1v) is 8.45. The van der Waals surface area contributed by atoms with Crippen LogP contribution < -0.4 is 5.32 Å². The predicted octanol–water partition coefficient (Wildman–Crippen LogP) is 4.38. The monoisotopic (exact) mass is 283 g/mol. The summed E-state index contributed by atoms with van der Waals surface area (Å²) in [7, 11) is 0. The second-order valence-electron chi connectivity index (χ2n) is 5.34. The molecule has 0 heterocycles. The molecule has 2 atom stereocenters. The molecule has 0 radical (unpaired) electrons. The van der Waals surface area contributed by atoms with E-state index in [-0.39, 0.29) is 0 Å². The molecule has 0 aromatic heterocycles. The van der Waals surface area contributed by atoms with Crippen LogP contribution in [-0.2, 0) is 0 Å². The minimum Gasteiger partial charge on any atom is -0.309 e. The summed E-state index contributed by atoms with van der Waals surface area (Å²) in [6.07, 6.45) is 4.89. The normalized spacial score (nSPS) is 18.6. The molecule has 3 heteroatoms.